The number of amides is 3. The minimum absolute atomic E-state index is 0.0135. The van der Waals surface area contributed by atoms with Gasteiger partial charge >= 0.3 is 6.09 Å². The third-order valence-corrected chi connectivity index (χ3v) is 11.4. The van der Waals surface area contributed by atoms with E-state index in [1.807, 2.05) is 40.8 Å². The Labute approximate surface area is 337 Å². The first kappa shape index (κ1) is 43.3. The molecule has 2 aliphatic carbocycles. The third-order valence-electron chi connectivity index (χ3n) is 11.4. The average Bonchev–Trinajstić information content (AvgIpc) is 3.93. The average molecular weight is 787 g/mol. The number of nitrogens with one attached hydrogen (secondary N) is 3. The van der Waals surface area contributed by atoms with Gasteiger partial charge in [-0.15, -0.1) is 0 Å². The van der Waals surface area contributed by atoms with Gasteiger partial charge in [-0.1, -0.05) is 63.1 Å². The van der Waals surface area contributed by atoms with Gasteiger partial charge in [-0.05, 0) is 93.1 Å². The number of aliphatic imine (C=N–C) groups is 1. The molecule has 1 aromatic carbocycles. The summed E-state index contributed by atoms with van der Waals surface area (Å²) in [5.41, 5.74) is 15.6. The molecular weight excluding hydrogens is 725 g/mol. The minimum Gasteiger partial charge on any atom is -0.452 e. The summed E-state index contributed by atoms with van der Waals surface area (Å²) in [5, 5.41) is 14.4. The zero-order chi connectivity index (χ0) is 41.2. The number of allylic oxidation sites excluding steroid dienone is 5. The number of carbonyl (C=O) groups excluding carboxylic acids is 3. The van der Waals surface area contributed by atoms with Crippen LogP contribution in [0.1, 0.15) is 115 Å². The fourth-order valence-electron chi connectivity index (χ4n) is 8.02. The predicted molar refractivity (Wildman–Crippen MR) is 222 cm³/mol. The van der Waals surface area contributed by atoms with Crippen molar-refractivity contribution in [3.8, 4) is 0 Å². The van der Waals surface area contributed by atoms with E-state index in [9.17, 15) is 19.5 Å². The third kappa shape index (κ3) is 10.8. The van der Waals surface area contributed by atoms with E-state index >= 15 is 0 Å². The van der Waals surface area contributed by atoms with Gasteiger partial charge in [0.2, 0.25) is 11.8 Å². The number of imidazole rings is 1. The maximum absolute atomic E-state index is 13.7. The molecule has 0 radical (unpaired) electrons. The monoisotopic (exact) mass is 786 g/mol. The summed E-state index contributed by atoms with van der Waals surface area (Å²) < 4.78 is 9.69. The number of hydrogen-bond donors (Lipinski definition) is 5. The molecule has 1 saturated heterocycles. The number of likely N-dealkylation sites (tertiary alicyclic amines) is 1. The first-order chi connectivity index (χ1) is 27.3. The van der Waals surface area contributed by atoms with Crippen molar-refractivity contribution >= 4 is 40.5 Å². The van der Waals surface area contributed by atoms with E-state index in [4.69, 9.17) is 20.2 Å². The van der Waals surface area contributed by atoms with Crippen molar-refractivity contribution in [1.29, 1.82) is 0 Å². The summed E-state index contributed by atoms with van der Waals surface area (Å²) in [5.74, 6) is 0.706. The number of aliphatic hydroxyl groups excluding tert-OH is 1. The minimum atomic E-state index is -0.988. The molecule has 1 aromatic heterocycles. The summed E-state index contributed by atoms with van der Waals surface area (Å²) >= 11 is 0. The number of aliphatic hydroxyl groups is 1. The molecule has 0 bridgehead atoms. The van der Waals surface area contributed by atoms with Crippen molar-refractivity contribution in [3.63, 3.8) is 0 Å². The Bertz CT molecular complexity index is 1830. The summed E-state index contributed by atoms with van der Waals surface area (Å²) in [6.45, 7) is 10.4. The molecular formula is C43H62N8O6. The number of benzene rings is 1. The molecule has 2 aromatic rings. The molecule has 1 unspecified atom stereocenters. The maximum Gasteiger partial charge on any atom is 0.425 e. The molecule has 5 rings (SSSR count). The standard InChI is InChI=1S/C43H62N8O6/c1-26(2)38(45-25-37(52)56-6)42(54)50-22-10-13-36(50)39(44)46-23-28(5)29-14-16-30(17-15-29)31-18-20-32(21-19-31)35-24-47-40(48-35)33-11-8-9-12-34(33)41(53)51(27(3)4)49-43(55)57-7/h14-18,20,23-24,26-27,33-34,36-38,45,52H,8-13,19,21-22,25H2,1-7H3,(H2,44,46)(H,47,48)(H,49,55)/b28-23+/t33-,34-,36-,37?,38-/m0/s1. The highest BCUT2D eigenvalue weighted by molar-refractivity contribution is 5.93. The normalized spacial score (nSPS) is 21.6. The smallest absolute Gasteiger partial charge is 0.425 e. The van der Waals surface area contributed by atoms with Gasteiger partial charge in [-0.2, -0.15) is 0 Å². The van der Waals surface area contributed by atoms with Crippen molar-refractivity contribution < 1.29 is 29.0 Å². The number of methoxy groups -OCH3 is 2. The van der Waals surface area contributed by atoms with Crippen LogP contribution >= 0.6 is 0 Å². The van der Waals surface area contributed by atoms with Gasteiger partial charge < -0.3 is 35.5 Å². The second-order valence-electron chi connectivity index (χ2n) is 15.9. The fraction of sp³-hybridized carbons (Fsp3) is 0.558. The number of nitrogens with zero attached hydrogens (tertiary/aromatic N) is 4. The molecule has 57 heavy (non-hydrogen) atoms. The molecule has 2 heterocycles. The lowest BCUT2D eigenvalue weighted by Crippen LogP contribution is -2.54. The number of aromatic amines is 1. The zero-order valence-corrected chi connectivity index (χ0v) is 34.6. The molecule has 2 fully saturated rings. The van der Waals surface area contributed by atoms with E-state index in [2.05, 4.69) is 57.1 Å². The fourth-order valence-corrected chi connectivity index (χ4v) is 8.02. The van der Waals surface area contributed by atoms with Gasteiger partial charge in [0.1, 0.15) is 11.7 Å². The second kappa shape index (κ2) is 20.1. The van der Waals surface area contributed by atoms with Crippen LogP contribution in [0.3, 0.4) is 0 Å². The number of aromatic nitrogens is 2. The highest BCUT2D eigenvalue weighted by Crippen LogP contribution is 2.39. The van der Waals surface area contributed by atoms with E-state index in [0.717, 1.165) is 79.6 Å². The number of rotatable bonds is 14. The number of ether oxygens (including phenoxy) is 2. The van der Waals surface area contributed by atoms with E-state index in [1.54, 1.807) is 11.1 Å². The quantitative estimate of drug-likeness (QED) is 0.0689. The zero-order valence-electron chi connectivity index (χ0n) is 34.6. The lowest BCUT2D eigenvalue weighted by atomic mass is 9.78. The van der Waals surface area contributed by atoms with Gasteiger partial charge in [0.15, 0.2) is 6.29 Å². The molecule has 1 aliphatic heterocycles. The van der Waals surface area contributed by atoms with E-state index < -0.39 is 18.4 Å². The predicted octanol–water partition coefficient (Wildman–Crippen LogP) is 5.74. The van der Waals surface area contributed by atoms with Crippen LogP contribution in [0.4, 0.5) is 4.79 Å². The molecule has 310 valence electrons. The Hall–Kier alpha value is -4.79. The molecule has 3 amide bonds. The van der Waals surface area contributed by atoms with Crippen molar-refractivity contribution in [3.05, 3.63) is 71.5 Å². The van der Waals surface area contributed by atoms with E-state index in [0.29, 0.717) is 12.4 Å². The first-order valence-corrected chi connectivity index (χ1v) is 20.3. The van der Waals surface area contributed by atoms with Crippen molar-refractivity contribution in [2.45, 2.75) is 116 Å². The molecule has 14 nitrogen and oxygen atoms in total. The Balaban J connectivity index is 1.22. The SMILES string of the molecule is COC(=O)NN(C(=O)[C@H]1CCCC[C@@H]1c1ncc(C2=CC=C(c3ccc(/C(C)=C/N=C(N)[C@@H]4CCCN4C(=O)[C@@H](NCC(O)OC)C(C)C)cc3)CC2)[nH]1)C(C)C. The van der Waals surface area contributed by atoms with Crippen molar-refractivity contribution in [2.24, 2.45) is 22.6 Å². The summed E-state index contributed by atoms with van der Waals surface area (Å²) in [6.07, 6.45) is 13.2. The van der Waals surface area contributed by atoms with Gasteiger partial charge in [-0.25, -0.2) is 25.2 Å². The number of hydrogen-bond acceptors (Lipinski definition) is 9. The Morgan fingerprint density at radius 1 is 1.05 bits per heavy atom. The number of hydrazine groups is 1. The van der Waals surface area contributed by atoms with Crippen molar-refractivity contribution in [1.82, 2.24) is 30.6 Å². The second-order valence-corrected chi connectivity index (χ2v) is 15.9. The highest BCUT2D eigenvalue weighted by Gasteiger charge is 2.38. The number of carbonyl (C=O) groups is 3. The Morgan fingerprint density at radius 3 is 2.40 bits per heavy atom. The Kier molecular flexibility index (Phi) is 15.3. The van der Waals surface area contributed by atoms with Crippen LogP contribution in [0.5, 0.6) is 0 Å². The van der Waals surface area contributed by atoms with Gasteiger partial charge in [0.05, 0.1) is 31.1 Å². The van der Waals surface area contributed by atoms with Crippen LogP contribution in [0.15, 0.2) is 53.8 Å². The van der Waals surface area contributed by atoms with Crippen LogP contribution < -0.4 is 16.5 Å². The number of amidine groups is 1. The van der Waals surface area contributed by atoms with E-state index in [1.165, 1.54) is 30.4 Å². The molecule has 14 heteroatoms. The Morgan fingerprint density at radius 2 is 1.75 bits per heavy atom. The van der Waals surface area contributed by atoms with Crippen LogP contribution in [0.2, 0.25) is 0 Å². The van der Waals surface area contributed by atoms with Crippen LogP contribution in [-0.2, 0) is 19.1 Å². The van der Waals surface area contributed by atoms with E-state index in [-0.39, 0.29) is 48.2 Å². The van der Waals surface area contributed by atoms with Crippen LogP contribution in [-0.4, -0.2) is 100 Å². The summed E-state index contributed by atoms with van der Waals surface area (Å²) in [7, 11) is 2.71. The van der Waals surface area contributed by atoms with Gasteiger partial charge in [0.25, 0.3) is 0 Å². The molecule has 5 atom stereocenters. The van der Waals surface area contributed by atoms with Crippen LogP contribution in [0, 0.1) is 11.8 Å². The summed E-state index contributed by atoms with van der Waals surface area (Å²) in [4.78, 5) is 54.0. The molecule has 3 aliphatic rings. The molecule has 1 saturated carbocycles. The lowest BCUT2D eigenvalue weighted by Gasteiger charge is -2.35. The number of nitrogens with two attached hydrogens (primary N) is 1. The lowest BCUT2D eigenvalue weighted by molar-refractivity contribution is -0.142. The highest BCUT2D eigenvalue weighted by atomic mass is 16.6. The molecule has 0 spiro atoms. The topological polar surface area (TPSA) is 187 Å². The number of H-pyrrole nitrogens is 1. The molecule has 6 N–H and O–H groups in total. The van der Waals surface area contributed by atoms with Crippen LogP contribution in [0.25, 0.3) is 16.7 Å². The summed E-state index contributed by atoms with van der Waals surface area (Å²) in [6, 6.07) is 7.47. The maximum atomic E-state index is 13.7. The van der Waals surface area contributed by atoms with Gasteiger partial charge in [-0.3, -0.25) is 9.59 Å². The largest absolute Gasteiger partial charge is 0.452 e. The van der Waals surface area contributed by atoms with Gasteiger partial charge in [0, 0.05) is 44.3 Å². The first-order valence-electron chi connectivity index (χ1n) is 20.3. The van der Waals surface area contributed by atoms with Crippen molar-refractivity contribution in [2.75, 3.05) is 27.3 Å².